The van der Waals surface area contributed by atoms with Crippen LogP contribution < -0.4 is 5.56 Å². The van der Waals surface area contributed by atoms with Crippen LogP contribution in [-0.4, -0.2) is 19.9 Å². The quantitative estimate of drug-likeness (QED) is 0.386. The molecule has 0 bridgehead atoms. The number of benzene rings is 1. The Labute approximate surface area is 151 Å². The molecule has 0 saturated heterocycles. The number of hydrogen-bond donors (Lipinski definition) is 0. The fourth-order valence-electron chi connectivity index (χ4n) is 2.26. The zero-order chi connectivity index (χ0) is 17.3. The zero-order valence-electron chi connectivity index (χ0n) is 12.4. The van der Waals surface area contributed by atoms with E-state index in [1.54, 1.807) is 34.9 Å². The van der Waals surface area contributed by atoms with Crippen molar-refractivity contribution in [2.45, 2.75) is 13.1 Å². The third-order valence-corrected chi connectivity index (χ3v) is 5.11. The summed E-state index contributed by atoms with van der Waals surface area (Å²) < 4.78 is 4.03. The van der Waals surface area contributed by atoms with Gasteiger partial charge in [-0.05, 0) is 36.5 Å². The molecule has 0 unspecified atom stereocenters. The van der Waals surface area contributed by atoms with Gasteiger partial charge in [0.25, 0.3) is 5.56 Å². The van der Waals surface area contributed by atoms with Crippen LogP contribution in [0.1, 0.15) is 10.4 Å². The molecule has 5 nitrogen and oxygen atoms in total. The topological polar surface area (TPSA) is 56.9 Å². The average molecular weight is 378 g/mol. The maximum atomic E-state index is 12.6. The van der Waals surface area contributed by atoms with Crippen molar-refractivity contribution in [1.29, 1.82) is 0 Å². The fourth-order valence-corrected chi connectivity index (χ4v) is 3.70. The Morgan fingerprint density at radius 1 is 1.38 bits per heavy atom. The van der Waals surface area contributed by atoms with Crippen molar-refractivity contribution < 1.29 is 4.79 Å². The van der Waals surface area contributed by atoms with Crippen LogP contribution in [-0.2, 0) is 13.1 Å². The van der Waals surface area contributed by atoms with E-state index in [2.05, 4.69) is 11.6 Å². The molecule has 3 aromatic rings. The van der Waals surface area contributed by atoms with E-state index >= 15 is 0 Å². The van der Waals surface area contributed by atoms with E-state index in [9.17, 15) is 9.59 Å². The third-order valence-electron chi connectivity index (χ3n) is 3.43. The number of carbonyl (C=O) groups is 1. The van der Waals surface area contributed by atoms with Gasteiger partial charge >= 0.3 is 0 Å². The zero-order valence-corrected chi connectivity index (χ0v) is 14.8. The third kappa shape index (κ3) is 3.10. The van der Waals surface area contributed by atoms with Crippen LogP contribution in [0.15, 0.2) is 48.0 Å². The lowest BCUT2D eigenvalue weighted by atomic mass is 10.1. The van der Waals surface area contributed by atoms with Crippen LogP contribution >= 0.6 is 35.2 Å². The summed E-state index contributed by atoms with van der Waals surface area (Å²) in [5.74, 6) is -0.191. The minimum Gasteiger partial charge on any atom is -0.304 e. The minimum atomic E-state index is -0.277. The van der Waals surface area contributed by atoms with Gasteiger partial charge in [0.05, 0.1) is 6.54 Å². The predicted octanol–water partition coefficient (Wildman–Crippen LogP) is 3.71. The molecule has 2 heterocycles. The van der Waals surface area contributed by atoms with Crippen LogP contribution in [0.3, 0.4) is 0 Å². The second-order valence-corrected chi connectivity index (χ2v) is 7.11. The normalized spacial score (nSPS) is 10.9. The van der Waals surface area contributed by atoms with E-state index in [0.29, 0.717) is 31.4 Å². The average Bonchev–Trinajstić information content (AvgIpc) is 2.88. The van der Waals surface area contributed by atoms with Gasteiger partial charge in [-0.1, -0.05) is 29.0 Å². The van der Waals surface area contributed by atoms with Gasteiger partial charge < -0.3 is 4.57 Å². The van der Waals surface area contributed by atoms with Crippen molar-refractivity contribution in [1.82, 2.24) is 14.1 Å². The van der Waals surface area contributed by atoms with Gasteiger partial charge in [-0.25, -0.2) is 4.98 Å². The Morgan fingerprint density at radius 2 is 2.08 bits per heavy atom. The molecule has 0 atom stereocenters. The van der Waals surface area contributed by atoms with Gasteiger partial charge in [-0.3, -0.25) is 14.2 Å². The van der Waals surface area contributed by atoms with Crippen LogP contribution in [0.4, 0.5) is 0 Å². The van der Waals surface area contributed by atoms with Crippen molar-refractivity contribution in [3.05, 3.63) is 68.1 Å². The van der Waals surface area contributed by atoms with E-state index in [1.807, 2.05) is 0 Å². The number of rotatable bonds is 5. The highest BCUT2D eigenvalue weighted by molar-refractivity contribution is 7.73. The Morgan fingerprint density at radius 3 is 2.75 bits per heavy atom. The van der Waals surface area contributed by atoms with Gasteiger partial charge in [-0.15, -0.1) is 6.58 Å². The van der Waals surface area contributed by atoms with Gasteiger partial charge in [-0.2, -0.15) is 0 Å². The predicted molar refractivity (Wildman–Crippen MR) is 98.7 cm³/mol. The molecule has 0 spiro atoms. The summed E-state index contributed by atoms with van der Waals surface area (Å²) in [7, 11) is 0. The summed E-state index contributed by atoms with van der Waals surface area (Å²) >= 11 is 12.3. The highest BCUT2D eigenvalue weighted by atomic mass is 35.5. The Kier molecular flexibility index (Phi) is 4.75. The highest BCUT2D eigenvalue weighted by Gasteiger charge is 2.14. The van der Waals surface area contributed by atoms with Crippen molar-refractivity contribution >= 4 is 51.3 Å². The summed E-state index contributed by atoms with van der Waals surface area (Å²) in [5, 5.41) is 0.551. The number of hydrogen-bond acceptors (Lipinski definition) is 5. The number of nitrogens with zero attached hydrogens (tertiary/aromatic N) is 3. The van der Waals surface area contributed by atoms with Crippen LogP contribution in [0.2, 0.25) is 5.02 Å². The van der Waals surface area contributed by atoms with Gasteiger partial charge in [0.15, 0.2) is 15.4 Å². The number of allylic oxidation sites excluding steroid dienone is 1. The lowest BCUT2D eigenvalue weighted by Gasteiger charge is -2.05. The maximum Gasteiger partial charge on any atom is 0.273 e. The first kappa shape index (κ1) is 16.8. The molecule has 0 aliphatic rings. The summed E-state index contributed by atoms with van der Waals surface area (Å²) in [6.45, 7) is 4.07. The number of aromatic nitrogens is 3. The summed E-state index contributed by atoms with van der Waals surface area (Å²) in [5.41, 5.74) is 0.731. The molecule has 122 valence electrons. The molecule has 0 fully saturated rings. The molecule has 0 amide bonds. The van der Waals surface area contributed by atoms with Crippen LogP contribution in [0, 0.1) is 3.95 Å². The number of carbonyl (C=O) groups excluding carboxylic acids is 1. The number of ketones is 1. The monoisotopic (exact) mass is 377 g/mol. The molecule has 0 radical (unpaired) electrons. The number of thiazole rings is 1. The van der Waals surface area contributed by atoms with Crippen molar-refractivity contribution in [2.24, 2.45) is 0 Å². The van der Waals surface area contributed by atoms with Crippen LogP contribution in [0.25, 0.3) is 10.3 Å². The summed E-state index contributed by atoms with van der Waals surface area (Å²) in [4.78, 5) is 29.2. The second kappa shape index (κ2) is 6.80. The number of halogens is 1. The molecule has 1 aromatic carbocycles. The molecule has 2 aromatic heterocycles. The molecule has 24 heavy (non-hydrogen) atoms. The van der Waals surface area contributed by atoms with Gasteiger partial charge in [0.2, 0.25) is 0 Å². The number of fused-ring (bicyclic) bond motifs is 1. The first-order chi connectivity index (χ1) is 11.5. The summed E-state index contributed by atoms with van der Waals surface area (Å²) in [6.07, 6.45) is 3.07. The van der Waals surface area contributed by atoms with E-state index < -0.39 is 0 Å². The Balaban J connectivity index is 1.99. The van der Waals surface area contributed by atoms with Gasteiger partial charge in [0, 0.05) is 17.1 Å². The van der Waals surface area contributed by atoms with Crippen LogP contribution in [0.5, 0.6) is 0 Å². The summed E-state index contributed by atoms with van der Waals surface area (Å²) in [6, 6.07) is 6.54. The Bertz CT molecular complexity index is 1050. The molecule has 3 rings (SSSR count). The molecular formula is C16H12ClN3O2S2. The SMILES string of the molecule is C=CCn1c(=S)sc2c(=O)n(CC(=O)c3ccc(Cl)cc3)cnc21. The first-order valence-electron chi connectivity index (χ1n) is 6.99. The standard InChI is InChI=1S/C16H12ClN3O2S2/c1-2-7-20-14-13(24-16(20)23)15(22)19(9-18-14)8-12(21)10-3-5-11(17)6-4-10/h2-6,9H,1,7-8H2. The van der Waals surface area contributed by atoms with Crippen molar-refractivity contribution in [2.75, 3.05) is 0 Å². The fraction of sp³-hybridized carbons (Fsp3) is 0.125. The minimum absolute atomic E-state index is 0.0878. The van der Waals surface area contributed by atoms with E-state index in [4.69, 9.17) is 23.8 Å². The molecule has 8 heteroatoms. The lowest BCUT2D eigenvalue weighted by molar-refractivity contribution is 0.0970. The Hall–Kier alpha value is -2.09. The molecular weight excluding hydrogens is 366 g/mol. The van der Waals surface area contributed by atoms with Crippen molar-refractivity contribution in [3.8, 4) is 0 Å². The van der Waals surface area contributed by atoms with E-state index in [1.165, 1.54) is 22.2 Å². The maximum absolute atomic E-state index is 12.6. The largest absolute Gasteiger partial charge is 0.304 e. The molecule has 0 aliphatic heterocycles. The van der Waals surface area contributed by atoms with Gasteiger partial charge in [0.1, 0.15) is 11.0 Å². The molecule has 0 N–H and O–H groups in total. The van der Waals surface area contributed by atoms with Crippen molar-refractivity contribution in [3.63, 3.8) is 0 Å². The molecule has 0 saturated carbocycles. The second-order valence-electron chi connectivity index (χ2n) is 5.03. The first-order valence-corrected chi connectivity index (χ1v) is 8.60. The van der Waals surface area contributed by atoms with E-state index in [0.717, 1.165) is 0 Å². The number of Topliss-reactive ketones (excluding diaryl/α,β-unsaturated/α-hetero) is 1. The highest BCUT2D eigenvalue weighted by Crippen LogP contribution is 2.18. The lowest BCUT2D eigenvalue weighted by Crippen LogP contribution is -2.24. The van der Waals surface area contributed by atoms with E-state index in [-0.39, 0.29) is 17.9 Å². The smallest absolute Gasteiger partial charge is 0.273 e. The molecule has 0 aliphatic carbocycles.